The zero-order valence-corrected chi connectivity index (χ0v) is 103. The van der Waals surface area contributed by atoms with Crippen molar-refractivity contribution in [3.8, 4) is 11.1 Å². The van der Waals surface area contributed by atoms with Crippen LogP contribution in [0.4, 0.5) is 11.4 Å². The predicted octanol–water partition coefficient (Wildman–Crippen LogP) is 46.1. The van der Waals surface area contributed by atoms with E-state index in [1.54, 1.807) is 0 Å². The number of benzene rings is 14. The first kappa shape index (κ1) is 145. The Morgan fingerprint density at radius 3 is 0.695 bits per heavy atom. The number of rotatable bonds is 6. The zero-order valence-electron chi connectivity index (χ0n) is 99.8. The quantitative estimate of drug-likeness (QED) is 0.119. The second kappa shape index (κ2) is 84.0. The molecule has 0 saturated carbocycles. The minimum absolute atomic E-state index is 0. The van der Waals surface area contributed by atoms with E-state index in [0.29, 0.717) is 27.6 Å². The third-order valence-electron chi connectivity index (χ3n) is 18.8. The van der Waals surface area contributed by atoms with Gasteiger partial charge < -0.3 is 9.47 Å². The van der Waals surface area contributed by atoms with E-state index in [1.165, 1.54) is 111 Å². The molecular weight excluding hydrogens is 1770 g/mol. The largest absolute Gasteiger partial charge is 0.341 e. The zero-order chi connectivity index (χ0) is 109. The fraction of sp³-hybridized carbons (Fsp3) is 0.435. The van der Waals surface area contributed by atoms with Crippen molar-refractivity contribution >= 4 is 65.5 Å². The van der Waals surface area contributed by atoms with Crippen LogP contribution >= 0.6 is 0 Å². The van der Waals surface area contributed by atoms with Crippen LogP contribution in [-0.2, 0) is 51.1 Å². The van der Waals surface area contributed by atoms with Gasteiger partial charge in [-0.05, 0) is 147 Å². The van der Waals surface area contributed by atoms with E-state index in [9.17, 15) is 0 Å². The standard InChI is InChI=1S/C18H12.C17H19N.C17H21N.C17H18.C13H10.C10H14.C6H6.C6H14.2C5H12.12C2H6.Y/c1-2-8-14-13(7-1)15-9-3-4-11-17(15)18-12-6-5-10-16(14)18;1-17(2,3)12-18-15-10-6-4-8-13(15)14-9-5-7-11-16(14)18;1-17(2,3)14-18(15-10-6-4-7-11-15)16-12-8-5-9-13-16;1-17(2,3)16(14-10-6-4-7-11-14)15-12-8-5-9-13-15;1-3-7-12-10(5-1)9-11-6-2-4-8-13(11)12;1-10(2,3)9-7-5-4-6-8-9;1-2-4-6-5-3-1;1-5-6(2,3)4;2*1-5(2,3)4;12*1-2;/h1-12H;4-11H,12H2,1-3H3;4-13H,14H2,1-3H3;4-10,12,16H,1-3H3;1-8H,9H2;4-8H,1-3H3;1-6H;5H2,1-4H3;2*1-4H3;12*1-2H3;/q;;;-2;;;;;;;;;;;;;;;;;;;. The number of hydrogen-bond acceptors (Lipinski definition) is 1. The molecule has 1 heterocycles. The average Bonchev–Trinajstić information content (AvgIpc) is 1.49. The summed E-state index contributed by atoms with van der Waals surface area (Å²) in [5.74, 6) is 0.338. The first-order valence-electron chi connectivity index (χ1n) is 54.0. The second-order valence-electron chi connectivity index (χ2n) is 39.2. The van der Waals surface area contributed by atoms with Crippen molar-refractivity contribution in [2.24, 2.45) is 32.5 Å². The Morgan fingerprint density at radius 1 is 0.255 bits per heavy atom. The monoisotopic (exact) mass is 1980 g/mol. The van der Waals surface area contributed by atoms with Crippen molar-refractivity contribution in [1.29, 1.82) is 0 Å². The second-order valence-corrected chi connectivity index (χ2v) is 39.2. The molecule has 3 heteroatoms. The van der Waals surface area contributed by atoms with E-state index < -0.39 is 0 Å². The molecule has 141 heavy (non-hydrogen) atoms. The van der Waals surface area contributed by atoms with Gasteiger partial charge in [0, 0.05) is 79.0 Å². The maximum absolute atomic E-state index is 3.35. The van der Waals surface area contributed by atoms with E-state index in [2.05, 4.69) is 473 Å². The maximum atomic E-state index is 3.35. The van der Waals surface area contributed by atoms with Gasteiger partial charge in [-0.1, -0.05) is 600 Å². The Bertz CT molecular complexity index is 4840. The molecule has 1 aromatic heterocycles. The summed E-state index contributed by atoms with van der Waals surface area (Å²) in [4.78, 5) is 2.38. The summed E-state index contributed by atoms with van der Waals surface area (Å²) in [6.45, 7) is 104. The van der Waals surface area contributed by atoms with Gasteiger partial charge in [-0.2, -0.15) is 71.8 Å². The topological polar surface area (TPSA) is 8.17 Å². The van der Waals surface area contributed by atoms with Crippen LogP contribution in [0.15, 0.2) is 346 Å². The van der Waals surface area contributed by atoms with E-state index in [4.69, 9.17) is 0 Å². The van der Waals surface area contributed by atoms with Crippen molar-refractivity contribution in [2.45, 2.75) is 363 Å². The first-order valence-corrected chi connectivity index (χ1v) is 54.0. The number of nitrogens with zero attached hydrogens (tertiary/aromatic N) is 2. The molecule has 0 amide bonds. The van der Waals surface area contributed by atoms with Crippen LogP contribution in [0.1, 0.15) is 372 Å². The van der Waals surface area contributed by atoms with Gasteiger partial charge in [0.05, 0.1) is 0 Å². The Labute approximate surface area is 899 Å². The molecule has 0 bridgehead atoms. The van der Waals surface area contributed by atoms with Crippen LogP contribution in [0.5, 0.6) is 0 Å². The van der Waals surface area contributed by atoms with Gasteiger partial charge in [-0.25, -0.2) is 0 Å². The minimum atomic E-state index is 0. The molecule has 0 saturated heterocycles. The van der Waals surface area contributed by atoms with Gasteiger partial charge >= 0.3 is 0 Å². The normalized spacial score (nSPS) is 10.0. The van der Waals surface area contributed by atoms with Crippen LogP contribution in [0.25, 0.3) is 65.3 Å². The Kier molecular flexibility index (Phi) is 86.1. The molecule has 14 aromatic carbocycles. The summed E-state index contributed by atoms with van der Waals surface area (Å²) in [5, 5.41) is 10.8. The maximum Gasteiger partial charge on any atom is 0.0491 e. The van der Waals surface area contributed by atoms with Gasteiger partial charge in [0.25, 0.3) is 0 Å². The molecule has 0 aliphatic heterocycles. The third kappa shape index (κ3) is 62.0. The molecule has 16 rings (SSSR count). The number of para-hydroxylation sites is 4. The fourth-order valence-electron chi connectivity index (χ4n) is 13.2. The molecule has 1 aliphatic rings. The average molecular weight is 1990 g/mol. The molecule has 0 spiro atoms. The number of aromatic nitrogens is 1. The molecular formula is C138H210N2Y-2. The van der Waals surface area contributed by atoms with Crippen molar-refractivity contribution in [3.05, 3.63) is 386 Å². The van der Waals surface area contributed by atoms with Crippen molar-refractivity contribution in [3.63, 3.8) is 0 Å². The SMILES string of the molecule is CC.CC.CC.CC.CC.CC.CC.CC.CC.CC.CC.CC.CC(C)(C)C.CC(C)(C)C.CC(C)(C)C(c1[c-]cccc1)c1[c-]cccc1.CC(C)(C)CN(c1ccccc1)c1ccccc1.CC(C)(C)Cn1c2ccccc2c2ccccc21.CC(C)(C)c1ccccc1.CCC(C)(C)C.[Y].c1ccc2c(c1)Cc1ccccc1-2.c1ccc2c(c1)c1ccccc1c1ccccc21.c1ccccc1. The summed E-state index contributed by atoms with van der Waals surface area (Å²) in [6, 6.07) is 127. The summed E-state index contributed by atoms with van der Waals surface area (Å²) < 4.78 is 2.45. The molecule has 1 radical (unpaired) electrons. The Balaban J connectivity index is -0.000000282. The number of fused-ring (bicyclic) bond motifs is 12. The number of hydrogen-bond donors (Lipinski definition) is 0. The molecule has 0 fully saturated rings. The minimum Gasteiger partial charge on any atom is -0.341 e. The first-order chi connectivity index (χ1) is 66.8. The summed E-state index contributed by atoms with van der Waals surface area (Å²) in [6.07, 6.45) is 2.37. The molecule has 1 aliphatic carbocycles. The van der Waals surface area contributed by atoms with Gasteiger partial charge in [0.15, 0.2) is 0 Å². The molecule has 2 nitrogen and oxygen atoms in total. The van der Waals surface area contributed by atoms with Gasteiger partial charge in [-0.3, -0.25) is 0 Å². The van der Waals surface area contributed by atoms with E-state index in [1.807, 2.05) is 227 Å². The molecule has 777 valence electrons. The van der Waals surface area contributed by atoms with Gasteiger partial charge in [0.1, 0.15) is 0 Å². The van der Waals surface area contributed by atoms with Crippen LogP contribution in [-0.4, -0.2) is 11.1 Å². The van der Waals surface area contributed by atoms with Crippen molar-refractivity contribution < 1.29 is 32.7 Å². The van der Waals surface area contributed by atoms with Gasteiger partial charge in [0.2, 0.25) is 0 Å². The summed E-state index contributed by atoms with van der Waals surface area (Å²) in [7, 11) is 0. The smallest absolute Gasteiger partial charge is 0.0491 e. The van der Waals surface area contributed by atoms with E-state index in [0.717, 1.165) is 19.5 Å². The summed E-state index contributed by atoms with van der Waals surface area (Å²) in [5.41, 5.74) is 17.3. The fourth-order valence-corrected chi connectivity index (χ4v) is 13.2. The third-order valence-corrected chi connectivity index (χ3v) is 18.8. The Hall–Kier alpha value is -9.44. The predicted molar refractivity (Wildman–Crippen MR) is 652 cm³/mol. The molecule has 0 atom stereocenters. The molecule has 15 aromatic rings. The van der Waals surface area contributed by atoms with Crippen LogP contribution in [0.2, 0.25) is 0 Å². The number of anilines is 2. The molecule has 0 unspecified atom stereocenters. The summed E-state index contributed by atoms with van der Waals surface area (Å²) >= 11 is 0. The van der Waals surface area contributed by atoms with Crippen molar-refractivity contribution in [1.82, 2.24) is 4.57 Å². The van der Waals surface area contributed by atoms with Gasteiger partial charge in [-0.15, -0.1) is 0 Å². The van der Waals surface area contributed by atoms with Crippen LogP contribution < -0.4 is 4.90 Å². The van der Waals surface area contributed by atoms with E-state index >= 15 is 0 Å². The Morgan fingerprint density at radius 2 is 0.475 bits per heavy atom. The van der Waals surface area contributed by atoms with E-state index in [-0.39, 0.29) is 49.0 Å². The van der Waals surface area contributed by atoms with Crippen LogP contribution in [0, 0.1) is 44.6 Å². The molecule has 0 N–H and O–H groups in total. The van der Waals surface area contributed by atoms with Crippen LogP contribution in [0.3, 0.4) is 0 Å². The van der Waals surface area contributed by atoms with Crippen molar-refractivity contribution in [2.75, 3.05) is 11.4 Å².